The third-order valence-corrected chi connectivity index (χ3v) is 4.80. The average molecular weight is 358 g/mol. The normalized spacial score (nSPS) is 18.2. The molecule has 0 bridgehead atoms. The maximum absolute atomic E-state index is 12.0. The number of likely N-dealkylation sites (tertiary alicyclic amines) is 1. The van der Waals surface area contributed by atoms with Crippen LogP contribution < -0.4 is 0 Å². The largest absolute Gasteiger partial charge is 0.480 e. The number of carbonyl (C=O) groups excluding carboxylic acids is 1. The summed E-state index contributed by atoms with van der Waals surface area (Å²) in [6, 6.07) is 7.29. The summed E-state index contributed by atoms with van der Waals surface area (Å²) in [6.45, 7) is 0.568. The number of carboxylic acid groups (broad SMARTS) is 1. The first-order valence-corrected chi connectivity index (χ1v) is 8.26. The second-order valence-electron chi connectivity index (χ2n) is 4.64. The second kappa shape index (κ2) is 7.13. The molecule has 6 heteroatoms. The molecule has 1 aliphatic heterocycles. The van der Waals surface area contributed by atoms with Gasteiger partial charge < -0.3 is 10.0 Å². The third-order valence-electron chi connectivity index (χ3n) is 3.26. The summed E-state index contributed by atoms with van der Waals surface area (Å²) in [7, 11) is 0. The molecule has 1 N–H and O–H groups in total. The Kier molecular flexibility index (Phi) is 5.48. The highest BCUT2D eigenvalue weighted by atomic mass is 79.9. The van der Waals surface area contributed by atoms with Gasteiger partial charge in [-0.2, -0.15) is 0 Å². The van der Waals surface area contributed by atoms with Gasteiger partial charge in [0.15, 0.2) is 0 Å². The molecule has 1 aliphatic rings. The molecule has 1 amide bonds. The topological polar surface area (TPSA) is 57.6 Å². The average Bonchev–Trinajstić information content (AvgIpc) is 2.90. The predicted octanol–water partition coefficient (Wildman–Crippen LogP) is 3.01. The van der Waals surface area contributed by atoms with Crippen LogP contribution in [0.2, 0.25) is 0 Å². The van der Waals surface area contributed by atoms with Gasteiger partial charge in [0.05, 0.1) is 0 Å². The number of amides is 1. The molecule has 1 fully saturated rings. The molecule has 1 aromatic rings. The van der Waals surface area contributed by atoms with Gasteiger partial charge in [-0.15, -0.1) is 11.8 Å². The molecule has 0 aliphatic carbocycles. The molecule has 2 rings (SSSR count). The van der Waals surface area contributed by atoms with Crippen LogP contribution >= 0.6 is 27.7 Å². The van der Waals surface area contributed by atoms with Gasteiger partial charge in [-0.1, -0.05) is 15.9 Å². The molecule has 0 saturated carbocycles. The Balaban J connectivity index is 1.80. The lowest BCUT2D eigenvalue weighted by Gasteiger charge is -2.21. The minimum Gasteiger partial charge on any atom is -0.480 e. The van der Waals surface area contributed by atoms with Crippen molar-refractivity contribution in [2.45, 2.75) is 30.2 Å². The van der Waals surface area contributed by atoms with Gasteiger partial charge in [0.25, 0.3) is 0 Å². The fraction of sp³-hybridized carbons (Fsp3) is 0.429. The zero-order valence-corrected chi connectivity index (χ0v) is 13.3. The van der Waals surface area contributed by atoms with E-state index in [1.807, 2.05) is 24.3 Å². The van der Waals surface area contributed by atoms with E-state index >= 15 is 0 Å². The van der Waals surface area contributed by atoms with Crippen molar-refractivity contribution in [2.24, 2.45) is 0 Å². The van der Waals surface area contributed by atoms with Crippen molar-refractivity contribution in [1.82, 2.24) is 4.90 Å². The molecular formula is C14H16BrNO3S. The molecular weight excluding hydrogens is 342 g/mol. The molecule has 0 unspecified atom stereocenters. The van der Waals surface area contributed by atoms with Crippen LogP contribution in [0, 0.1) is 0 Å². The Morgan fingerprint density at radius 2 is 2.05 bits per heavy atom. The number of hydrogen-bond donors (Lipinski definition) is 1. The molecule has 0 aromatic heterocycles. The lowest BCUT2D eigenvalue weighted by molar-refractivity contribution is -0.148. The molecule has 1 aromatic carbocycles. The van der Waals surface area contributed by atoms with Crippen LogP contribution in [0.15, 0.2) is 33.6 Å². The summed E-state index contributed by atoms with van der Waals surface area (Å²) in [6.07, 6.45) is 1.73. The van der Waals surface area contributed by atoms with Crippen molar-refractivity contribution in [3.05, 3.63) is 28.7 Å². The molecule has 1 atom stereocenters. The fourth-order valence-electron chi connectivity index (χ4n) is 2.25. The van der Waals surface area contributed by atoms with Gasteiger partial charge in [-0.25, -0.2) is 4.79 Å². The molecule has 108 valence electrons. The number of carbonyl (C=O) groups is 2. The third kappa shape index (κ3) is 3.99. The Morgan fingerprint density at radius 1 is 1.35 bits per heavy atom. The van der Waals surface area contributed by atoms with Gasteiger partial charge in [-0.05, 0) is 37.1 Å². The minimum atomic E-state index is -0.892. The van der Waals surface area contributed by atoms with E-state index in [0.717, 1.165) is 15.8 Å². The van der Waals surface area contributed by atoms with Crippen molar-refractivity contribution < 1.29 is 14.7 Å². The SMILES string of the molecule is O=C(O)[C@H]1CCCN1C(=O)CCSc1ccc(Br)cc1. The zero-order chi connectivity index (χ0) is 14.5. The van der Waals surface area contributed by atoms with Crippen molar-refractivity contribution in [3.8, 4) is 0 Å². The lowest BCUT2D eigenvalue weighted by atomic mass is 10.2. The van der Waals surface area contributed by atoms with Crippen LogP contribution in [-0.2, 0) is 9.59 Å². The van der Waals surface area contributed by atoms with Crippen LogP contribution in [-0.4, -0.2) is 40.2 Å². The number of nitrogens with zero attached hydrogens (tertiary/aromatic N) is 1. The van der Waals surface area contributed by atoms with Crippen molar-refractivity contribution in [1.29, 1.82) is 0 Å². The quantitative estimate of drug-likeness (QED) is 0.823. The van der Waals surface area contributed by atoms with Crippen LogP contribution in [0.5, 0.6) is 0 Å². The van der Waals surface area contributed by atoms with Crippen LogP contribution in [0.4, 0.5) is 0 Å². The van der Waals surface area contributed by atoms with Gasteiger partial charge in [0.2, 0.25) is 5.91 Å². The highest BCUT2D eigenvalue weighted by Gasteiger charge is 2.33. The minimum absolute atomic E-state index is 0.0560. The maximum Gasteiger partial charge on any atom is 0.326 e. The van der Waals surface area contributed by atoms with Gasteiger partial charge in [-0.3, -0.25) is 4.79 Å². The number of aliphatic carboxylic acids is 1. The van der Waals surface area contributed by atoms with E-state index in [0.29, 0.717) is 25.1 Å². The summed E-state index contributed by atoms with van der Waals surface area (Å²) in [5.74, 6) is -0.278. The number of halogens is 1. The van der Waals surface area contributed by atoms with E-state index in [4.69, 9.17) is 5.11 Å². The van der Waals surface area contributed by atoms with E-state index in [-0.39, 0.29) is 5.91 Å². The number of carboxylic acids is 1. The highest BCUT2D eigenvalue weighted by molar-refractivity contribution is 9.10. The Labute approximate surface area is 130 Å². The molecule has 4 nitrogen and oxygen atoms in total. The first-order chi connectivity index (χ1) is 9.58. The predicted molar refractivity (Wildman–Crippen MR) is 81.9 cm³/mol. The molecule has 1 heterocycles. The van der Waals surface area contributed by atoms with Crippen LogP contribution in [0.1, 0.15) is 19.3 Å². The van der Waals surface area contributed by atoms with E-state index < -0.39 is 12.0 Å². The number of benzene rings is 1. The summed E-state index contributed by atoms with van der Waals surface area (Å²) < 4.78 is 1.03. The first kappa shape index (κ1) is 15.4. The number of thioether (sulfide) groups is 1. The standard InChI is InChI=1S/C14H16BrNO3S/c15-10-3-5-11(6-4-10)20-9-7-13(17)16-8-1-2-12(16)14(18)19/h3-6,12H,1-2,7-9H2,(H,18,19)/t12-/m1/s1. The van der Waals surface area contributed by atoms with E-state index in [2.05, 4.69) is 15.9 Å². The summed E-state index contributed by atoms with van der Waals surface area (Å²) >= 11 is 4.99. The Hall–Kier alpha value is -1.01. The summed E-state index contributed by atoms with van der Waals surface area (Å²) in [4.78, 5) is 25.7. The lowest BCUT2D eigenvalue weighted by Crippen LogP contribution is -2.40. The van der Waals surface area contributed by atoms with Crippen molar-refractivity contribution in [3.63, 3.8) is 0 Å². The van der Waals surface area contributed by atoms with Crippen molar-refractivity contribution in [2.75, 3.05) is 12.3 Å². The number of hydrogen-bond acceptors (Lipinski definition) is 3. The van der Waals surface area contributed by atoms with Gasteiger partial charge in [0.1, 0.15) is 6.04 Å². The summed E-state index contributed by atoms with van der Waals surface area (Å²) in [5, 5.41) is 9.06. The summed E-state index contributed by atoms with van der Waals surface area (Å²) in [5.41, 5.74) is 0. The van der Waals surface area contributed by atoms with Crippen LogP contribution in [0.3, 0.4) is 0 Å². The number of rotatable bonds is 5. The molecule has 1 saturated heterocycles. The first-order valence-electron chi connectivity index (χ1n) is 6.48. The maximum atomic E-state index is 12.0. The molecule has 20 heavy (non-hydrogen) atoms. The van der Waals surface area contributed by atoms with E-state index in [1.54, 1.807) is 11.8 Å². The zero-order valence-electron chi connectivity index (χ0n) is 10.9. The van der Waals surface area contributed by atoms with E-state index in [1.165, 1.54) is 4.90 Å². The Morgan fingerprint density at radius 3 is 2.70 bits per heavy atom. The molecule has 0 radical (unpaired) electrons. The monoisotopic (exact) mass is 357 g/mol. The van der Waals surface area contributed by atoms with E-state index in [9.17, 15) is 9.59 Å². The van der Waals surface area contributed by atoms with Gasteiger partial charge >= 0.3 is 5.97 Å². The van der Waals surface area contributed by atoms with Crippen molar-refractivity contribution >= 4 is 39.6 Å². The molecule has 0 spiro atoms. The second-order valence-corrected chi connectivity index (χ2v) is 6.72. The van der Waals surface area contributed by atoms with Crippen LogP contribution in [0.25, 0.3) is 0 Å². The fourth-order valence-corrected chi connectivity index (χ4v) is 3.36. The van der Waals surface area contributed by atoms with Gasteiger partial charge in [0, 0.05) is 28.1 Å². The highest BCUT2D eigenvalue weighted by Crippen LogP contribution is 2.23. The Bertz CT molecular complexity index is 492. The smallest absolute Gasteiger partial charge is 0.326 e.